The van der Waals surface area contributed by atoms with Crippen LogP contribution in [0.2, 0.25) is 0 Å². The van der Waals surface area contributed by atoms with Gasteiger partial charge in [-0.05, 0) is 35.9 Å². The first-order valence-corrected chi connectivity index (χ1v) is 5.46. The van der Waals surface area contributed by atoms with Crippen molar-refractivity contribution < 1.29 is 17.6 Å². The van der Waals surface area contributed by atoms with Crippen LogP contribution in [0.25, 0.3) is 0 Å². The Kier molecular flexibility index (Phi) is 3.57. The van der Waals surface area contributed by atoms with E-state index in [9.17, 15) is 17.6 Å². The smallest absolute Gasteiger partial charge is 0.159 e. The van der Waals surface area contributed by atoms with Crippen molar-refractivity contribution in [1.82, 2.24) is 0 Å². The van der Waals surface area contributed by atoms with Crippen LogP contribution < -0.4 is 0 Å². The highest BCUT2D eigenvalue weighted by atomic mass is 35.5. The van der Waals surface area contributed by atoms with Crippen LogP contribution >= 0.6 is 11.6 Å². The van der Waals surface area contributed by atoms with Gasteiger partial charge in [0.1, 0.15) is 11.6 Å². The minimum Gasteiger partial charge on any atom is -0.207 e. The number of alkyl halides is 1. The first-order chi connectivity index (χ1) is 8.49. The summed E-state index contributed by atoms with van der Waals surface area (Å²) in [7, 11) is 0. The van der Waals surface area contributed by atoms with Crippen LogP contribution in [-0.4, -0.2) is 0 Å². The SMILES string of the molecule is Fc1ccc(F)c(C(Cl)c2ccc(F)c(F)c2)c1. The Bertz CT molecular complexity index is 583. The van der Waals surface area contributed by atoms with Gasteiger partial charge in [0, 0.05) is 5.56 Å². The van der Waals surface area contributed by atoms with Crippen molar-refractivity contribution in [1.29, 1.82) is 0 Å². The third-order valence-electron chi connectivity index (χ3n) is 2.47. The van der Waals surface area contributed by atoms with E-state index in [-0.39, 0.29) is 11.1 Å². The number of halogens is 5. The Hall–Kier alpha value is -1.55. The van der Waals surface area contributed by atoms with Gasteiger partial charge in [-0.15, -0.1) is 11.6 Å². The van der Waals surface area contributed by atoms with E-state index in [1.54, 1.807) is 0 Å². The molecule has 0 saturated carbocycles. The number of hydrogen-bond donors (Lipinski definition) is 0. The summed E-state index contributed by atoms with van der Waals surface area (Å²) in [4.78, 5) is 0. The van der Waals surface area contributed by atoms with E-state index in [1.807, 2.05) is 0 Å². The fourth-order valence-corrected chi connectivity index (χ4v) is 1.86. The van der Waals surface area contributed by atoms with Gasteiger partial charge >= 0.3 is 0 Å². The summed E-state index contributed by atoms with van der Waals surface area (Å²) in [5.74, 6) is -3.47. The van der Waals surface area contributed by atoms with Crippen LogP contribution in [0.1, 0.15) is 16.5 Å². The van der Waals surface area contributed by atoms with Crippen LogP contribution in [0.15, 0.2) is 36.4 Å². The maximum absolute atomic E-state index is 13.5. The maximum atomic E-state index is 13.5. The van der Waals surface area contributed by atoms with Gasteiger partial charge in [0.15, 0.2) is 11.6 Å². The quantitative estimate of drug-likeness (QED) is 0.556. The van der Waals surface area contributed by atoms with E-state index in [0.29, 0.717) is 0 Å². The van der Waals surface area contributed by atoms with E-state index in [4.69, 9.17) is 11.6 Å². The second kappa shape index (κ2) is 4.98. The van der Waals surface area contributed by atoms with Gasteiger partial charge in [-0.1, -0.05) is 6.07 Å². The fraction of sp³-hybridized carbons (Fsp3) is 0.0769. The molecule has 0 radical (unpaired) electrons. The van der Waals surface area contributed by atoms with Crippen molar-refractivity contribution in [2.24, 2.45) is 0 Å². The van der Waals surface area contributed by atoms with Gasteiger partial charge in [-0.3, -0.25) is 0 Å². The molecule has 2 aromatic carbocycles. The number of benzene rings is 2. The molecule has 1 atom stereocenters. The highest BCUT2D eigenvalue weighted by Crippen LogP contribution is 2.31. The van der Waals surface area contributed by atoms with Gasteiger partial charge in [-0.25, -0.2) is 17.6 Å². The number of rotatable bonds is 2. The summed E-state index contributed by atoms with van der Waals surface area (Å²) in [6.45, 7) is 0. The first-order valence-electron chi connectivity index (χ1n) is 5.03. The second-order valence-corrected chi connectivity index (χ2v) is 4.14. The van der Waals surface area contributed by atoms with Crippen molar-refractivity contribution in [3.63, 3.8) is 0 Å². The lowest BCUT2D eigenvalue weighted by Gasteiger charge is -2.11. The lowest BCUT2D eigenvalue weighted by Crippen LogP contribution is -1.99. The van der Waals surface area contributed by atoms with Gasteiger partial charge in [0.25, 0.3) is 0 Å². The summed E-state index contributed by atoms with van der Waals surface area (Å²) in [6, 6.07) is 5.77. The van der Waals surface area contributed by atoms with E-state index in [2.05, 4.69) is 0 Å². The van der Waals surface area contributed by atoms with Crippen LogP contribution in [0.3, 0.4) is 0 Å². The molecule has 18 heavy (non-hydrogen) atoms. The topological polar surface area (TPSA) is 0 Å². The molecule has 0 spiro atoms. The van der Waals surface area contributed by atoms with Crippen LogP contribution in [0.4, 0.5) is 17.6 Å². The van der Waals surface area contributed by atoms with Crippen molar-refractivity contribution in [3.8, 4) is 0 Å². The van der Waals surface area contributed by atoms with Gasteiger partial charge in [0.2, 0.25) is 0 Å². The molecule has 0 aliphatic rings. The normalized spacial score (nSPS) is 12.5. The molecule has 1 unspecified atom stereocenters. The Balaban J connectivity index is 2.44. The summed E-state index contributed by atoms with van der Waals surface area (Å²) in [5.41, 5.74) is 0.0303. The molecule has 0 aliphatic carbocycles. The highest BCUT2D eigenvalue weighted by Gasteiger charge is 2.17. The molecule has 94 valence electrons. The fourth-order valence-electron chi connectivity index (χ4n) is 1.56. The average molecular weight is 275 g/mol. The van der Waals surface area contributed by atoms with Crippen molar-refractivity contribution in [3.05, 3.63) is 70.8 Å². The van der Waals surface area contributed by atoms with Gasteiger partial charge in [0.05, 0.1) is 5.38 Å². The lowest BCUT2D eigenvalue weighted by molar-refractivity contribution is 0.507. The van der Waals surface area contributed by atoms with Crippen molar-refractivity contribution in [2.75, 3.05) is 0 Å². The summed E-state index contributed by atoms with van der Waals surface area (Å²) < 4.78 is 52.3. The highest BCUT2D eigenvalue weighted by molar-refractivity contribution is 6.22. The number of hydrogen-bond acceptors (Lipinski definition) is 0. The molecule has 0 saturated heterocycles. The van der Waals surface area contributed by atoms with Gasteiger partial charge in [-0.2, -0.15) is 0 Å². The molecule has 0 heterocycles. The monoisotopic (exact) mass is 274 g/mol. The molecule has 0 bridgehead atoms. The van der Waals surface area contributed by atoms with Crippen molar-refractivity contribution >= 4 is 11.6 Å². The first kappa shape index (κ1) is 12.9. The molecular weight excluding hydrogens is 268 g/mol. The zero-order valence-corrected chi connectivity index (χ0v) is 9.69. The average Bonchev–Trinajstić information content (AvgIpc) is 2.35. The molecular formula is C13H7ClF4. The molecule has 5 heteroatoms. The van der Waals surface area contributed by atoms with Crippen molar-refractivity contribution in [2.45, 2.75) is 5.38 Å². The van der Waals surface area contributed by atoms with Crippen LogP contribution in [0, 0.1) is 23.3 Å². The molecule has 0 nitrogen and oxygen atoms in total. The summed E-state index contributed by atoms with van der Waals surface area (Å²) in [6.07, 6.45) is 0. The largest absolute Gasteiger partial charge is 0.207 e. The zero-order valence-electron chi connectivity index (χ0n) is 8.93. The Labute approximate surface area is 106 Å². The molecule has 0 amide bonds. The Morgan fingerprint density at radius 2 is 1.44 bits per heavy atom. The van der Waals surface area contributed by atoms with E-state index in [1.165, 1.54) is 6.07 Å². The third kappa shape index (κ3) is 2.48. The predicted molar refractivity (Wildman–Crippen MR) is 60.4 cm³/mol. The Morgan fingerprint density at radius 1 is 0.778 bits per heavy atom. The van der Waals surface area contributed by atoms with E-state index >= 15 is 0 Å². The summed E-state index contributed by atoms with van der Waals surface area (Å²) in [5, 5.41) is -1.09. The van der Waals surface area contributed by atoms with E-state index in [0.717, 1.165) is 30.3 Å². The molecule has 2 aromatic rings. The van der Waals surface area contributed by atoms with Gasteiger partial charge < -0.3 is 0 Å². The minimum absolute atomic E-state index is 0.123. The predicted octanol–water partition coefficient (Wildman–Crippen LogP) is 4.57. The molecule has 2 rings (SSSR count). The second-order valence-electron chi connectivity index (χ2n) is 3.70. The Morgan fingerprint density at radius 3 is 2.11 bits per heavy atom. The molecule has 0 aliphatic heterocycles. The summed E-state index contributed by atoms with van der Waals surface area (Å²) >= 11 is 5.94. The minimum atomic E-state index is -1.09. The molecule has 0 aromatic heterocycles. The molecule has 0 fully saturated rings. The van der Waals surface area contributed by atoms with Crippen LogP contribution in [-0.2, 0) is 0 Å². The van der Waals surface area contributed by atoms with E-state index < -0.39 is 28.6 Å². The lowest BCUT2D eigenvalue weighted by atomic mass is 10.0. The standard InChI is InChI=1S/C13H7ClF4/c14-13(7-1-3-11(17)12(18)5-7)9-6-8(15)2-4-10(9)16/h1-6,13H. The molecule has 0 N–H and O–H groups in total. The third-order valence-corrected chi connectivity index (χ3v) is 2.95. The maximum Gasteiger partial charge on any atom is 0.159 e. The van der Waals surface area contributed by atoms with Crippen LogP contribution in [0.5, 0.6) is 0 Å². The zero-order chi connectivity index (χ0) is 13.3.